The molecule has 10 aromatic rings. The summed E-state index contributed by atoms with van der Waals surface area (Å²) < 4.78 is 2.45. The number of aromatic nitrogens is 1. The van der Waals surface area contributed by atoms with Gasteiger partial charge in [0.2, 0.25) is 0 Å². The lowest BCUT2D eigenvalue weighted by atomic mass is 9.97. The van der Waals surface area contributed by atoms with Crippen LogP contribution in [-0.4, -0.2) is 4.57 Å². The highest BCUT2D eigenvalue weighted by atomic mass is 15.1. The van der Waals surface area contributed by atoms with Crippen LogP contribution in [0.4, 0.5) is 17.1 Å². The van der Waals surface area contributed by atoms with E-state index in [0.717, 1.165) is 22.7 Å². The Morgan fingerprint density at radius 3 is 1.27 bits per heavy atom. The van der Waals surface area contributed by atoms with Gasteiger partial charge in [0.05, 0.1) is 11.0 Å². The molecule has 9 aromatic carbocycles. The quantitative estimate of drug-likeness (QED) is 0.152. The lowest BCUT2D eigenvalue weighted by Crippen LogP contribution is -2.09. The van der Waals surface area contributed by atoms with E-state index in [2.05, 4.69) is 240 Å². The van der Waals surface area contributed by atoms with Crippen molar-refractivity contribution in [2.75, 3.05) is 4.90 Å². The standard InChI is InChI=1S/C54H38N2/c1-5-16-39(17-6-1)45-35-46(40-18-7-2-8-19-40)37-50(36-45)56-53-27-14-13-26-51(53)52-33-30-44(38-54(52)56)43-21-15-20-42(34-43)41-28-31-49(32-29-41)55(47-22-9-3-10-23-47)48-24-11-4-12-25-48/h1-38H. The predicted octanol–water partition coefficient (Wildman–Crippen LogP) is 14.9. The van der Waals surface area contributed by atoms with Gasteiger partial charge in [-0.2, -0.15) is 0 Å². The van der Waals surface area contributed by atoms with Crippen molar-refractivity contribution in [1.82, 2.24) is 4.57 Å². The Kier molecular flexibility index (Phi) is 8.55. The van der Waals surface area contributed by atoms with Gasteiger partial charge in [-0.1, -0.05) is 158 Å². The molecule has 1 aromatic heterocycles. The van der Waals surface area contributed by atoms with Gasteiger partial charge in [-0.25, -0.2) is 0 Å². The molecule has 0 aliphatic rings. The lowest BCUT2D eigenvalue weighted by Gasteiger charge is -2.25. The number of anilines is 3. The molecular weight excluding hydrogens is 677 g/mol. The molecule has 0 unspecified atom stereocenters. The molecule has 0 aliphatic heterocycles. The summed E-state index contributed by atoms with van der Waals surface area (Å²) in [5.41, 5.74) is 16.4. The Hall–Kier alpha value is -7.42. The molecule has 0 saturated carbocycles. The second-order valence-electron chi connectivity index (χ2n) is 14.2. The topological polar surface area (TPSA) is 8.17 Å². The summed E-state index contributed by atoms with van der Waals surface area (Å²) in [4.78, 5) is 2.30. The zero-order chi connectivity index (χ0) is 37.3. The van der Waals surface area contributed by atoms with Gasteiger partial charge in [-0.3, -0.25) is 0 Å². The number of hydrogen-bond acceptors (Lipinski definition) is 1. The number of hydrogen-bond donors (Lipinski definition) is 0. The summed E-state index contributed by atoms with van der Waals surface area (Å²) in [5.74, 6) is 0. The van der Waals surface area contributed by atoms with Crippen LogP contribution in [0.15, 0.2) is 231 Å². The minimum absolute atomic E-state index is 1.12. The van der Waals surface area contributed by atoms with Crippen LogP contribution in [0.5, 0.6) is 0 Å². The van der Waals surface area contributed by atoms with Crippen molar-refractivity contribution >= 4 is 38.9 Å². The predicted molar refractivity (Wildman–Crippen MR) is 237 cm³/mol. The second-order valence-corrected chi connectivity index (χ2v) is 14.2. The van der Waals surface area contributed by atoms with E-state index >= 15 is 0 Å². The van der Waals surface area contributed by atoms with Crippen LogP contribution < -0.4 is 4.90 Å². The summed E-state index contributed by atoms with van der Waals surface area (Å²) in [6, 6.07) is 83.0. The maximum atomic E-state index is 2.45. The highest BCUT2D eigenvalue weighted by molar-refractivity contribution is 6.10. The first kappa shape index (κ1) is 33.2. The fraction of sp³-hybridized carbons (Fsp3) is 0. The molecule has 56 heavy (non-hydrogen) atoms. The average Bonchev–Trinajstić information content (AvgIpc) is 3.62. The molecule has 0 aliphatic carbocycles. The van der Waals surface area contributed by atoms with Gasteiger partial charge in [-0.15, -0.1) is 0 Å². The summed E-state index contributed by atoms with van der Waals surface area (Å²) in [7, 11) is 0. The summed E-state index contributed by atoms with van der Waals surface area (Å²) in [6.45, 7) is 0. The van der Waals surface area contributed by atoms with E-state index in [1.807, 2.05) is 0 Å². The Labute approximate surface area is 327 Å². The molecule has 0 bridgehead atoms. The highest BCUT2D eigenvalue weighted by Crippen LogP contribution is 2.39. The number of nitrogens with zero attached hydrogens (tertiary/aromatic N) is 2. The van der Waals surface area contributed by atoms with Gasteiger partial charge in [0, 0.05) is 33.5 Å². The number of benzene rings is 9. The molecule has 0 saturated heterocycles. The van der Waals surface area contributed by atoms with Crippen LogP contribution >= 0.6 is 0 Å². The van der Waals surface area contributed by atoms with Crippen LogP contribution in [0, 0.1) is 0 Å². The summed E-state index contributed by atoms with van der Waals surface area (Å²) >= 11 is 0. The molecule has 10 rings (SSSR count). The molecular formula is C54H38N2. The Morgan fingerprint density at radius 1 is 0.250 bits per heavy atom. The fourth-order valence-corrected chi connectivity index (χ4v) is 8.05. The molecule has 1 heterocycles. The number of rotatable bonds is 8. The van der Waals surface area contributed by atoms with Crippen molar-refractivity contribution in [3.63, 3.8) is 0 Å². The SMILES string of the molecule is c1ccc(-c2cc(-c3ccccc3)cc(-n3c4ccccc4c4ccc(-c5cccc(-c6ccc(N(c7ccccc7)c7ccccc7)cc6)c5)cc43)c2)cc1. The molecule has 0 amide bonds. The van der Waals surface area contributed by atoms with Crippen LogP contribution in [0.3, 0.4) is 0 Å². The van der Waals surface area contributed by atoms with Crippen LogP contribution in [0.2, 0.25) is 0 Å². The van der Waals surface area contributed by atoms with Crippen LogP contribution in [-0.2, 0) is 0 Å². The van der Waals surface area contributed by atoms with E-state index in [1.54, 1.807) is 0 Å². The summed E-state index contributed by atoms with van der Waals surface area (Å²) in [5, 5.41) is 2.48. The highest BCUT2D eigenvalue weighted by Gasteiger charge is 2.16. The van der Waals surface area contributed by atoms with E-state index in [0.29, 0.717) is 0 Å². The van der Waals surface area contributed by atoms with E-state index in [-0.39, 0.29) is 0 Å². The Bertz CT molecular complexity index is 2830. The molecule has 0 N–H and O–H groups in total. The van der Waals surface area contributed by atoms with Gasteiger partial charge >= 0.3 is 0 Å². The van der Waals surface area contributed by atoms with Crippen molar-refractivity contribution < 1.29 is 0 Å². The van der Waals surface area contributed by atoms with Crippen molar-refractivity contribution in [3.05, 3.63) is 231 Å². The molecule has 0 atom stereocenters. The third-order valence-corrected chi connectivity index (χ3v) is 10.7. The van der Waals surface area contributed by atoms with Gasteiger partial charge in [-0.05, 0) is 117 Å². The number of para-hydroxylation sites is 3. The van der Waals surface area contributed by atoms with E-state index in [9.17, 15) is 0 Å². The first-order valence-corrected chi connectivity index (χ1v) is 19.2. The summed E-state index contributed by atoms with van der Waals surface area (Å²) in [6.07, 6.45) is 0. The third-order valence-electron chi connectivity index (χ3n) is 10.7. The Morgan fingerprint density at radius 2 is 0.661 bits per heavy atom. The lowest BCUT2D eigenvalue weighted by molar-refractivity contribution is 1.18. The largest absolute Gasteiger partial charge is 0.311 e. The normalized spacial score (nSPS) is 11.2. The zero-order valence-corrected chi connectivity index (χ0v) is 30.8. The van der Waals surface area contributed by atoms with Gasteiger partial charge in [0.15, 0.2) is 0 Å². The minimum Gasteiger partial charge on any atom is -0.311 e. The van der Waals surface area contributed by atoms with Crippen molar-refractivity contribution in [3.8, 4) is 50.2 Å². The maximum absolute atomic E-state index is 2.45. The molecule has 0 spiro atoms. The minimum atomic E-state index is 1.12. The van der Waals surface area contributed by atoms with Crippen LogP contribution in [0.1, 0.15) is 0 Å². The zero-order valence-electron chi connectivity index (χ0n) is 30.8. The molecule has 0 fully saturated rings. The fourth-order valence-electron chi connectivity index (χ4n) is 8.05. The maximum Gasteiger partial charge on any atom is 0.0547 e. The van der Waals surface area contributed by atoms with Crippen LogP contribution in [0.25, 0.3) is 72.0 Å². The first-order chi connectivity index (χ1) is 27.8. The van der Waals surface area contributed by atoms with Crippen molar-refractivity contribution in [2.45, 2.75) is 0 Å². The molecule has 2 heteroatoms. The smallest absolute Gasteiger partial charge is 0.0547 e. The Balaban J connectivity index is 1.07. The molecule has 264 valence electrons. The van der Waals surface area contributed by atoms with E-state index in [4.69, 9.17) is 0 Å². The average molecular weight is 715 g/mol. The monoisotopic (exact) mass is 714 g/mol. The van der Waals surface area contributed by atoms with Gasteiger partial charge in [0.25, 0.3) is 0 Å². The number of fused-ring (bicyclic) bond motifs is 3. The first-order valence-electron chi connectivity index (χ1n) is 19.2. The molecule has 0 radical (unpaired) electrons. The second kappa shape index (κ2) is 14.4. The third kappa shape index (κ3) is 6.24. The van der Waals surface area contributed by atoms with Gasteiger partial charge < -0.3 is 9.47 Å². The molecule has 2 nitrogen and oxygen atoms in total. The van der Waals surface area contributed by atoms with Crippen molar-refractivity contribution in [1.29, 1.82) is 0 Å². The van der Waals surface area contributed by atoms with E-state index in [1.165, 1.54) is 66.3 Å². The van der Waals surface area contributed by atoms with Gasteiger partial charge in [0.1, 0.15) is 0 Å². The van der Waals surface area contributed by atoms with E-state index < -0.39 is 0 Å². The van der Waals surface area contributed by atoms with Crippen molar-refractivity contribution in [2.24, 2.45) is 0 Å².